The second-order valence-electron chi connectivity index (χ2n) is 2.60. The van der Waals surface area contributed by atoms with E-state index >= 15 is 0 Å². The molecule has 0 aromatic heterocycles. The summed E-state index contributed by atoms with van der Waals surface area (Å²) in [5, 5.41) is 1.32. The van der Waals surface area contributed by atoms with Crippen LogP contribution in [0, 0.1) is 0 Å². The van der Waals surface area contributed by atoms with Gasteiger partial charge in [0.1, 0.15) is 5.75 Å². The average Bonchev–Trinajstić information content (AvgIpc) is 2.18. The molecule has 0 bridgehead atoms. The van der Waals surface area contributed by atoms with Gasteiger partial charge in [0.05, 0.1) is 13.4 Å². The van der Waals surface area contributed by atoms with E-state index in [1.807, 2.05) is 23.1 Å². The Morgan fingerprint density at radius 3 is 2.36 bits per heavy atom. The Morgan fingerprint density at radius 1 is 1.36 bits per heavy atom. The van der Waals surface area contributed by atoms with Crippen molar-refractivity contribution < 1.29 is 4.74 Å². The van der Waals surface area contributed by atoms with Gasteiger partial charge in [-0.1, -0.05) is 11.0 Å². The quantitative estimate of drug-likeness (QED) is 0.776. The number of ether oxygens (including phenoxy) is 1. The van der Waals surface area contributed by atoms with E-state index in [-0.39, 0.29) is 6.33 Å². The average molecular weight is 298 g/mol. The molecule has 1 heterocycles. The van der Waals surface area contributed by atoms with Gasteiger partial charge >= 0.3 is 0 Å². The molecular formula is C7H8OP2S4. The minimum atomic E-state index is -1.11. The van der Waals surface area contributed by atoms with Gasteiger partial charge in [-0.25, -0.2) is 0 Å². The lowest BCUT2D eigenvalue weighted by molar-refractivity contribution is 0.415. The molecule has 1 fully saturated rings. The largest absolute Gasteiger partial charge is 0.497 e. The molecule has 2 rings (SSSR count). The van der Waals surface area contributed by atoms with Crippen LogP contribution in [-0.4, -0.2) is 7.11 Å². The summed E-state index contributed by atoms with van der Waals surface area (Å²) in [7, 11) is 1.68. The maximum absolute atomic E-state index is 5.42. The zero-order valence-corrected chi connectivity index (χ0v) is 12.5. The lowest BCUT2D eigenvalue weighted by atomic mass is 10.3. The highest BCUT2D eigenvalue weighted by atomic mass is 33.8. The monoisotopic (exact) mass is 298 g/mol. The van der Waals surface area contributed by atoms with Gasteiger partial charge in [0.2, 0.25) is 0 Å². The van der Waals surface area contributed by atoms with Gasteiger partial charge in [-0.15, -0.1) is 0 Å². The van der Waals surface area contributed by atoms with Crippen LogP contribution in [-0.2, 0) is 28.8 Å². The van der Waals surface area contributed by atoms with Gasteiger partial charge < -0.3 is 4.74 Å². The minimum absolute atomic E-state index is 0.267. The Kier molecular flexibility index (Phi) is 3.69. The summed E-state index contributed by atoms with van der Waals surface area (Å²) in [5.74, 6) is 0.894. The Hall–Kier alpha value is 1.02. The van der Waals surface area contributed by atoms with E-state index in [4.69, 9.17) is 27.1 Å². The van der Waals surface area contributed by atoms with Gasteiger partial charge in [0.15, 0.2) is 0 Å². The SMILES string of the molecule is COc1ccc(P2SPS2(=S)=S)cc1. The maximum Gasteiger partial charge on any atom is 0.118 e. The Bertz CT molecular complexity index is 428. The van der Waals surface area contributed by atoms with Gasteiger partial charge in [0, 0.05) is 6.98 Å². The van der Waals surface area contributed by atoms with Crippen LogP contribution in [0.2, 0.25) is 0 Å². The van der Waals surface area contributed by atoms with Crippen LogP contribution < -0.4 is 10.0 Å². The summed E-state index contributed by atoms with van der Waals surface area (Å²) in [5.41, 5.74) is 0. The van der Waals surface area contributed by atoms with Gasteiger partial charge in [-0.05, 0) is 58.3 Å². The highest BCUT2D eigenvalue weighted by Crippen LogP contribution is 2.81. The first-order valence-corrected chi connectivity index (χ1v) is 13.1. The van der Waals surface area contributed by atoms with Crippen LogP contribution >= 0.6 is 24.3 Å². The van der Waals surface area contributed by atoms with Gasteiger partial charge in [-0.3, -0.25) is 0 Å². The van der Waals surface area contributed by atoms with Crippen LogP contribution in [0.25, 0.3) is 0 Å². The molecule has 1 aromatic rings. The number of hydrogen-bond donors (Lipinski definition) is 0. The summed E-state index contributed by atoms with van der Waals surface area (Å²) in [6.45, 7) is 0.778. The number of methoxy groups -OCH3 is 1. The van der Waals surface area contributed by atoms with Crippen LogP contribution in [0.4, 0.5) is 0 Å². The number of rotatable bonds is 2. The van der Waals surface area contributed by atoms with Crippen molar-refractivity contribution >= 4 is 58.4 Å². The molecule has 76 valence electrons. The van der Waals surface area contributed by atoms with Crippen molar-refractivity contribution in [2.45, 2.75) is 0 Å². The molecule has 0 radical (unpaired) electrons. The van der Waals surface area contributed by atoms with E-state index in [0.717, 1.165) is 12.7 Å². The second-order valence-corrected chi connectivity index (χ2v) is 23.4. The summed E-state index contributed by atoms with van der Waals surface area (Å²) in [6.07, 6.45) is -1.38. The molecule has 7 heteroatoms. The summed E-state index contributed by atoms with van der Waals surface area (Å²) in [6, 6.07) is 8.17. The van der Waals surface area contributed by atoms with E-state index in [2.05, 4.69) is 12.1 Å². The Morgan fingerprint density at radius 2 is 2.00 bits per heavy atom. The fraction of sp³-hybridized carbons (Fsp3) is 0.143. The maximum atomic E-state index is 5.42. The lowest BCUT2D eigenvalue weighted by Crippen LogP contribution is -2.05. The standard InChI is InChI=1S/C7H8OP2S4/c1-8-6-2-4-7(5-3-6)10-13-9-14(10,11)12/h2-5,9H,1H3. The predicted molar refractivity (Wildman–Crippen MR) is 77.5 cm³/mol. The van der Waals surface area contributed by atoms with Crippen molar-refractivity contribution in [3.63, 3.8) is 0 Å². The lowest BCUT2D eigenvalue weighted by Gasteiger charge is -2.31. The molecule has 2 atom stereocenters. The third-order valence-electron chi connectivity index (χ3n) is 1.73. The summed E-state index contributed by atoms with van der Waals surface area (Å²) < 4.78 is 5.11. The first-order chi connectivity index (χ1) is 6.63. The first kappa shape index (κ1) is 11.5. The molecule has 1 aliphatic rings. The van der Waals surface area contributed by atoms with Crippen molar-refractivity contribution in [2.75, 3.05) is 7.11 Å². The Balaban J connectivity index is 2.26. The van der Waals surface area contributed by atoms with Crippen molar-refractivity contribution in [3.05, 3.63) is 24.3 Å². The molecule has 0 saturated carbocycles. The molecular weight excluding hydrogens is 290 g/mol. The Labute approximate surface area is 99.7 Å². The zero-order valence-electron chi connectivity index (χ0n) is 7.30. The summed E-state index contributed by atoms with van der Waals surface area (Å²) in [4.78, 5) is 0. The fourth-order valence-corrected chi connectivity index (χ4v) is 27.8. The van der Waals surface area contributed by atoms with Gasteiger partial charge in [-0.2, -0.15) is 0 Å². The van der Waals surface area contributed by atoms with Crippen LogP contribution in [0.15, 0.2) is 24.3 Å². The smallest absolute Gasteiger partial charge is 0.118 e. The normalized spacial score (nSPS) is 25.6. The topological polar surface area (TPSA) is 9.23 Å². The highest BCUT2D eigenvalue weighted by molar-refractivity contribution is 9.41. The van der Waals surface area contributed by atoms with E-state index in [1.54, 1.807) is 7.11 Å². The fourth-order valence-electron chi connectivity index (χ4n) is 1.03. The molecule has 0 aliphatic carbocycles. The van der Waals surface area contributed by atoms with Gasteiger partial charge in [0.25, 0.3) is 0 Å². The third kappa shape index (κ3) is 2.23. The molecule has 14 heavy (non-hydrogen) atoms. The molecule has 1 aromatic carbocycles. The van der Waals surface area contributed by atoms with E-state index in [1.165, 1.54) is 5.30 Å². The first-order valence-electron chi connectivity index (χ1n) is 3.76. The van der Waals surface area contributed by atoms with Crippen LogP contribution in [0.1, 0.15) is 0 Å². The van der Waals surface area contributed by atoms with Crippen molar-refractivity contribution in [3.8, 4) is 5.75 Å². The van der Waals surface area contributed by atoms with E-state index < -0.39 is 6.39 Å². The van der Waals surface area contributed by atoms with Crippen LogP contribution in [0.5, 0.6) is 5.75 Å². The predicted octanol–water partition coefficient (Wildman–Crippen LogP) is 2.97. The minimum Gasteiger partial charge on any atom is -0.497 e. The van der Waals surface area contributed by atoms with E-state index in [9.17, 15) is 0 Å². The number of hydrogen-bond acceptors (Lipinski definition) is 4. The number of benzene rings is 1. The molecule has 0 spiro atoms. The van der Waals surface area contributed by atoms with Crippen molar-refractivity contribution in [1.82, 2.24) is 0 Å². The molecule has 1 aliphatic heterocycles. The molecule has 1 saturated heterocycles. The second kappa shape index (κ2) is 4.48. The zero-order chi connectivity index (χ0) is 10.2. The van der Waals surface area contributed by atoms with E-state index in [0.29, 0.717) is 0 Å². The summed E-state index contributed by atoms with van der Waals surface area (Å²) >= 11 is 12.8. The molecule has 1 nitrogen and oxygen atoms in total. The highest BCUT2D eigenvalue weighted by Gasteiger charge is 2.31. The van der Waals surface area contributed by atoms with Crippen molar-refractivity contribution in [2.24, 2.45) is 0 Å². The van der Waals surface area contributed by atoms with Crippen LogP contribution in [0.3, 0.4) is 0 Å². The molecule has 0 amide bonds. The molecule has 0 N–H and O–H groups in total. The third-order valence-corrected chi connectivity index (χ3v) is 30.3. The molecule has 2 unspecified atom stereocenters. The van der Waals surface area contributed by atoms with Crippen molar-refractivity contribution in [1.29, 1.82) is 0 Å².